The predicted molar refractivity (Wildman–Crippen MR) is 99.4 cm³/mol. The maximum absolute atomic E-state index is 12.6. The van der Waals surface area contributed by atoms with Crippen molar-refractivity contribution in [2.24, 2.45) is 0 Å². The molecule has 0 aromatic heterocycles. The molecule has 0 spiro atoms. The molecule has 2 amide bonds. The number of hydrogen-bond donors (Lipinski definition) is 2. The van der Waals surface area contributed by atoms with Crippen LogP contribution < -0.4 is 10.6 Å². The van der Waals surface area contributed by atoms with Crippen LogP contribution in [0.15, 0.2) is 42.5 Å². The van der Waals surface area contributed by atoms with E-state index in [0.717, 1.165) is 0 Å². The quantitative estimate of drug-likeness (QED) is 0.645. The number of nitrogens with one attached hydrogen (secondary N) is 2. The van der Waals surface area contributed by atoms with Crippen LogP contribution in [0.1, 0.15) is 47.1 Å². The van der Waals surface area contributed by atoms with Gasteiger partial charge in [0.1, 0.15) is 0 Å². The molecule has 0 saturated carbocycles. The molecule has 0 radical (unpaired) electrons. The van der Waals surface area contributed by atoms with Crippen molar-refractivity contribution >= 4 is 23.2 Å². The highest BCUT2D eigenvalue weighted by Gasteiger charge is 2.21. The minimum atomic E-state index is -0.531. The number of para-hydroxylation sites is 1. The Labute approximate surface area is 151 Å². The van der Waals surface area contributed by atoms with Gasteiger partial charge in [0, 0.05) is 22.7 Å². The fourth-order valence-corrected chi connectivity index (χ4v) is 2.45. The second-order valence-corrected chi connectivity index (χ2v) is 6.91. The van der Waals surface area contributed by atoms with E-state index in [0.29, 0.717) is 11.3 Å². The summed E-state index contributed by atoms with van der Waals surface area (Å²) in [5.41, 5.74) is 0.558. The molecule has 0 aliphatic rings. The molecule has 2 rings (SSSR count). The molecular formula is C19H21N3O4. The Morgan fingerprint density at radius 3 is 2.19 bits per heavy atom. The summed E-state index contributed by atoms with van der Waals surface area (Å²) in [6, 6.07) is 10.9. The first kappa shape index (κ1) is 19.1. The van der Waals surface area contributed by atoms with Gasteiger partial charge < -0.3 is 10.6 Å². The number of carbonyl (C=O) groups excluding carboxylic acids is 2. The van der Waals surface area contributed by atoms with Crippen LogP contribution in [0, 0.1) is 17.0 Å². The number of nitro benzene ring substituents is 1. The number of hydrogen-bond acceptors (Lipinski definition) is 4. The zero-order chi connectivity index (χ0) is 19.5. The molecular weight excluding hydrogens is 334 g/mol. The molecule has 0 fully saturated rings. The highest BCUT2D eigenvalue weighted by Crippen LogP contribution is 2.23. The van der Waals surface area contributed by atoms with Gasteiger partial charge in [0.15, 0.2) is 0 Å². The molecule has 0 bridgehead atoms. The van der Waals surface area contributed by atoms with E-state index in [1.807, 2.05) is 20.8 Å². The van der Waals surface area contributed by atoms with Crippen LogP contribution >= 0.6 is 0 Å². The van der Waals surface area contributed by atoms with Crippen LogP contribution in [0.5, 0.6) is 0 Å². The third-order valence-corrected chi connectivity index (χ3v) is 3.65. The Hall–Kier alpha value is -3.22. The first-order valence-electron chi connectivity index (χ1n) is 8.07. The lowest BCUT2D eigenvalue weighted by Gasteiger charge is -2.21. The maximum atomic E-state index is 12.6. The van der Waals surface area contributed by atoms with E-state index in [2.05, 4.69) is 10.6 Å². The van der Waals surface area contributed by atoms with Gasteiger partial charge in [-0.3, -0.25) is 19.7 Å². The lowest BCUT2D eigenvalue weighted by Crippen LogP contribution is -2.40. The van der Waals surface area contributed by atoms with Gasteiger partial charge in [-0.15, -0.1) is 0 Å². The van der Waals surface area contributed by atoms with Crippen molar-refractivity contribution in [3.05, 3.63) is 69.3 Å². The summed E-state index contributed by atoms with van der Waals surface area (Å²) in [5.74, 6) is -0.827. The average molecular weight is 355 g/mol. The van der Waals surface area contributed by atoms with E-state index in [1.165, 1.54) is 25.1 Å². The standard InChI is InChI=1S/C19H21N3O4/c1-12-13(9-7-11-16(12)22(25)26)17(23)20-15-10-6-5-8-14(15)18(24)21-19(2,3)4/h5-11H,1-4H3,(H,20,23)(H,21,24). The van der Waals surface area contributed by atoms with E-state index in [9.17, 15) is 19.7 Å². The van der Waals surface area contributed by atoms with Crippen LogP contribution in [0.3, 0.4) is 0 Å². The lowest BCUT2D eigenvalue weighted by atomic mass is 10.0. The third kappa shape index (κ3) is 4.44. The Bertz CT molecular complexity index is 869. The van der Waals surface area contributed by atoms with Crippen molar-refractivity contribution in [1.29, 1.82) is 0 Å². The smallest absolute Gasteiger partial charge is 0.273 e. The summed E-state index contributed by atoms with van der Waals surface area (Å²) >= 11 is 0. The Balaban J connectivity index is 2.33. The van der Waals surface area contributed by atoms with Crippen molar-refractivity contribution in [3.8, 4) is 0 Å². The zero-order valence-electron chi connectivity index (χ0n) is 15.1. The van der Waals surface area contributed by atoms with E-state index in [4.69, 9.17) is 0 Å². The van der Waals surface area contributed by atoms with Crippen LogP contribution in [0.25, 0.3) is 0 Å². The number of nitro groups is 1. The monoisotopic (exact) mass is 355 g/mol. The normalized spacial score (nSPS) is 10.9. The van der Waals surface area contributed by atoms with Gasteiger partial charge in [-0.2, -0.15) is 0 Å². The SMILES string of the molecule is Cc1c(C(=O)Nc2ccccc2C(=O)NC(C)(C)C)cccc1[N+](=O)[O-]. The van der Waals surface area contributed by atoms with Crippen molar-refractivity contribution in [1.82, 2.24) is 5.32 Å². The van der Waals surface area contributed by atoms with Crippen molar-refractivity contribution < 1.29 is 14.5 Å². The summed E-state index contributed by atoms with van der Waals surface area (Å²) in [6.07, 6.45) is 0. The number of nitrogens with zero attached hydrogens (tertiary/aromatic N) is 1. The van der Waals surface area contributed by atoms with E-state index in [1.54, 1.807) is 24.3 Å². The molecule has 0 aliphatic carbocycles. The highest BCUT2D eigenvalue weighted by molar-refractivity contribution is 6.10. The molecule has 2 N–H and O–H groups in total. The molecule has 2 aromatic rings. The third-order valence-electron chi connectivity index (χ3n) is 3.65. The summed E-state index contributed by atoms with van der Waals surface area (Å²) in [7, 11) is 0. The number of anilines is 1. The summed E-state index contributed by atoms with van der Waals surface area (Å²) in [6.45, 7) is 7.10. The van der Waals surface area contributed by atoms with Crippen LogP contribution in [-0.4, -0.2) is 22.3 Å². The molecule has 136 valence electrons. The van der Waals surface area contributed by atoms with E-state index >= 15 is 0 Å². The molecule has 0 heterocycles. The Morgan fingerprint density at radius 1 is 0.962 bits per heavy atom. The fraction of sp³-hybridized carbons (Fsp3) is 0.263. The van der Waals surface area contributed by atoms with Gasteiger partial charge in [0.25, 0.3) is 17.5 Å². The summed E-state index contributed by atoms with van der Waals surface area (Å²) in [5, 5.41) is 16.6. The van der Waals surface area contributed by atoms with E-state index < -0.39 is 16.4 Å². The number of carbonyl (C=O) groups is 2. The molecule has 0 aliphatic heterocycles. The Kier molecular flexibility index (Phi) is 5.40. The minimum Gasteiger partial charge on any atom is -0.347 e. The zero-order valence-corrected chi connectivity index (χ0v) is 15.1. The van der Waals surface area contributed by atoms with Gasteiger partial charge in [-0.05, 0) is 45.9 Å². The minimum absolute atomic E-state index is 0.128. The lowest BCUT2D eigenvalue weighted by molar-refractivity contribution is -0.385. The molecule has 2 aromatic carbocycles. The van der Waals surface area contributed by atoms with Crippen molar-refractivity contribution in [2.75, 3.05) is 5.32 Å². The molecule has 7 heteroatoms. The van der Waals surface area contributed by atoms with Gasteiger partial charge in [0.05, 0.1) is 16.2 Å². The molecule has 0 atom stereocenters. The number of rotatable bonds is 4. The molecule has 0 unspecified atom stereocenters. The maximum Gasteiger partial charge on any atom is 0.273 e. The largest absolute Gasteiger partial charge is 0.347 e. The van der Waals surface area contributed by atoms with Crippen molar-refractivity contribution in [3.63, 3.8) is 0 Å². The first-order chi connectivity index (χ1) is 12.1. The van der Waals surface area contributed by atoms with Crippen molar-refractivity contribution in [2.45, 2.75) is 33.2 Å². The summed E-state index contributed by atoms with van der Waals surface area (Å²) in [4.78, 5) is 35.6. The predicted octanol–water partition coefficient (Wildman–Crippen LogP) is 3.68. The molecule has 0 saturated heterocycles. The second-order valence-electron chi connectivity index (χ2n) is 6.91. The molecule has 7 nitrogen and oxygen atoms in total. The second kappa shape index (κ2) is 7.35. The van der Waals surface area contributed by atoms with Gasteiger partial charge in [-0.25, -0.2) is 0 Å². The number of benzene rings is 2. The highest BCUT2D eigenvalue weighted by atomic mass is 16.6. The van der Waals surface area contributed by atoms with Crippen LogP contribution in [0.4, 0.5) is 11.4 Å². The van der Waals surface area contributed by atoms with Crippen LogP contribution in [0.2, 0.25) is 0 Å². The Morgan fingerprint density at radius 2 is 1.58 bits per heavy atom. The summed E-state index contributed by atoms with van der Waals surface area (Å²) < 4.78 is 0. The van der Waals surface area contributed by atoms with Gasteiger partial charge in [0.2, 0.25) is 0 Å². The van der Waals surface area contributed by atoms with Gasteiger partial charge in [-0.1, -0.05) is 18.2 Å². The van der Waals surface area contributed by atoms with Gasteiger partial charge >= 0.3 is 0 Å². The number of amides is 2. The van der Waals surface area contributed by atoms with Crippen LogP contribution in [-0.2, 0) is 0 Å². The topological polar surface area (TPSA) is 101 Å². The average Bonchev–Trinajstić information content (AvgIpc) is 2.53. The molecule has 26 heavy (non-hydrogen) atoms. The first-order valence-corrected chi connectivity index (χ1v) is 8.07. The fourth-order valence-electron chi connectivity index (χ4n) is 2.45. The van der Waals surface area contributed by atoms with E-state index in [-0.39, 0.29) is 22.7 Å².